The summed E-state index contributed by atoms with van der Waals surface area (Å²) < 4.78 is 7.14. The molecule has 60 valence electrons. The van der Waals surface area contributed by atoms with Gasteiger partial charge < -0.3 is 9.30 Å². The Morgan fingerprint density at radius 3 is 3.18 bits per heavy atom. The summed E-state index contributed by atoms with van der Waals surface area (Å²) in [7, 11) is 0. The van der Waals surface area contributed by atoms with Gasteiger partial charge in [0.15, 0.2) is 5.15 Å². The number of ether oxygens (including phenoxy) is 1. The largest absolute Gasteiger partial charge is 0.366 e. The van der Waals surface area contributed by atoms with Gasteiger partial charge in [0.05, 0.1) is 18.6 Å². The fourth-order valence-electron chi connectivity index (χ4n) is 1.14. The predicted octanol–water partition coefficient (Wildman–Crippen LogP) is 1.63. The summed E-state index contributed by atoms with van der Waals surface area (Å²) in [5.74, 6) is 0. The minimum absolute atomic E-state index is 0.199. The molecule has 1 aliphatic heterocycles. The molecule has 0 aliphatic carbocycles. The number of epoxide rings is 1. The van der Waals surface area contributed by atoms with Crippen LogP contribution in [0.3, 0.4) is 0 Å². The highest BCUT2D eigenvalue weighted by Gasteiger charge is 2.30. The van der Waals surface area contributed by atoms with Gasteiger partial charge in [-0.3, -0.25) is 0 Å². The van der Waals surface area contributed by atoms with E-state index < -0.39 is 0 Å². The van der Waals surface area contributed by atoms with Crippen molar-refractivity contribution < 1.29 is 4.74 Å². The van der Waals surface area contributed by atoms with Crippen LogP contribution in [0.2, 0.25) is 5.15 Å². The third kappa shape index (κ3) is 1.14. The number of aryl methyl sites for hydroxylation is 1. The van der Waals surface area contributed by atoms with Crippen molar-refractivity contribution in [2.45, 2.75) is 19.6 Å². The van der Waals surface area contributed by atoms with E-state index in [1.807, 2.05) is 4.57 Å². The Kier molecular flexibility index (Phi) is 1.62. The van der Waals surface area contributed by atoms with Gasteiger partial charge >= 0.3 is 0 Å². The molecule has 2 rings (SSSR count). The Morgan fingerprint density at radius 1 is 1.91 bits per heavy atom. The van der Waals surface area contributed by atoms with Gasteiger partial charge in [-0.05, 0) is 6.92 Å². The first-order chi connectivity index (χ1) is 5.33. The fraction of sp³-hybridized carbons (Fsp3) is 0.571. The zero-order valence-electron chi connectivity index (χ0n) is 6.25. The van der Waals surface area contributed by atoms with Crippen LogP contribution >= 0.6 is 11.6 Å². The van der Waals surface area contributed by atoms with Crippen LogP contribution in [0, 0.1) is 0 Å². The maximum Gasteiger partial charge on any atom is 0.153 e. The SMILES string of the molecule is CCn1cnc(Cl)c1[C@H]1CO1. The number of hydrogen-bond acceptors (Lipinski definition) is 2. The van der Waals surface area contributed by atoms with Crippen LogP contribution in [0.1, 0.15) is 18.7 Å². The van der Waals surface area contributed by atoms with Gasteiger partial charge in [-0.25, -0.2) is 4.98 Å². The molecule has 3 nitrogen and oxygen atoms in total. The standard InChI is InChI=1S/C7H9ClN2O/c1-2-10-4-9-7(8)6(10)5-3-11-5/h4-5H,2-3H2,1H3/t5-/m1/s1. The summed E-state index contributed by atoms with van der Waals surface area (Å²) in [5.41, 5.74) is 1.02. The Bertz CT molecular complexity index is 267. The molecule has 1 saturated heterocycles. The molecule has 1 aliphatic rings. The third-order valence-electron chi connectivity index (χ3n) is 1.81. The van der Waals surface area contributed by atoms with Crippen molar-refractivity contribution in [2.24, 2.45) is 0 Å². The second-order valence-corrected chi connectivity index (χ2v) is 2.89. The normalized spacial score (nSPS) is 22.2. The highest BCUT2D eigenvalue weighted by Crippen LogP contribution is 2.33. The number of aromatic nitrogens is 2. The average molecular weight is 173 g/mol. The topological polar surface area (TPSA) is 30.4 Å². The van der Waals surface area contributed by atoms with Gasteiger partial charge in [0.1, 0.15) is 6.10 Å². The van der Waals surface area contributed by atoms with Crippen molar-refractivity contribution in [1.29, 1.82) is 0 Å². The molecule has 11 heavy (non-hydrogen) atoms. The quantitative estimate of drug-likeness (QED) is 0.635. The molecule has 1 atom stereocenters. The molecule has 2 heterocycles. The second kappa shape index (κ2) is 2.50. The third-order valence-corrected chi connectivity index (χ3v) is 2.10. The van der Waals surface area contributed by atoms with Crippen LogP contribution < -0.4 is 0 Å². The lowest BCUT2D eigenvalue weighted by atomic mass is 10.3. The molecule has 0 bridgehead atoms. The molecule has 0 N–H and O–H groups in total. The molecule has 0 radical (unpaired) electrons. The van der Waals surface area contributed by atoms with Gasteiger partial charge in [0.25, 0.3) is 0 Å². The summed E-state index contributed by atoms with van der Waals surface area (Å²) in [6.45, 7) is 3.74. The highest BCUT2D eigenvalue weighted by molar-refractivity contribution is 6.30. The molecule has 0 unspecified atom stereocenters. The number of rotatable bonds is 2. The monoisotopic (exact) mass is 172 g/mol. The number of hydrogen-bond donors (Lipinski definition) is 0. The molecule has 1 fully saturated rings. The number of nitrogens with zero attached hydrogens (tertiary/aromatic N) is 2. The zero-order chi connectivity index (χ0) is 7.84. The van der Waals surface area contributed by atoms with Crippen LogP contribution in [0.4, 0.5) is 0 Å². The van der Waals surface area contributed by atoms with E-state index in [0.29, 0.717) is 5.15 Å². The molecular formula is C7H9ClN2O. The van der Waals surface area contributed by atoms with Crippen molar-refractivity contribution in [2.75, 3.05) is 6.61 Å². The molecule has 1 aromatic rings. The van der Waals surface area contributed by atoms with E-state index >= 15 is 0 Å². The van der Waals surface area contributed by atoms with Crippen molar-refractivity contribution in [1.82, 2.24) is 9.55 Å². The first-order valence-electron chi connectivity index (χ1n) is 3.65. The van der Waals surface area contributed by atoms with Crippen LogP contribution in [0.5, 0.6) is 0 Å². The van der Waals surface area contributed by atoms with Gasteiger partial charge in [-0.1, -0.05) is 11.6 Å². The molecule has 4 heteroatoms. The fourth-order valence-corrected chi connectivity index (χ4v) is 1.42. The maximum absolute atomic E-state index is 5.85. The van der Waals surface area contributed by atoms with E-state index in [-0.39, 0.29) is 6.10 Å². The summed E-state index contributed by atoms with van der Waals surface area (Å²) in [4.78, 5) is 4.00. The highest BCUT2D eigenvalue weighted by atomic mass is 35.5. The van der Waals surface area contributed by atoms with E-state index in [4.69, 9.17) is 16.3 Å². The Balaban J connectivity index is 2.38. The van der Waals surface area contributed by atoms with E-state index in [2.05, 4.69) is 11.9 Å². The summed E-state index contributed by atoms with van der Waals surface area (Å²) in [6.07, 6.45) is 1.95. The minimum Gasteiger partial charge on any atom is -0.366 e. The van der Waals surface area contributed by atoms with Crippen molar-refractivity contribution in [3.63, 3.8) is 0 Å². The first-order valence-corrected chi connectivity index (χ1v) is 4.03. The first kappa shape index (κ1) is 7.13. The second-order valence-electron chi connectivity index (χ2n) is 2.53. The number of imidazole rings is 1. The molecule has 0 saturated carbocycles. The summed E-state index contributed by atoms with van der Waals surface area (Å²) in [6, 6.07) is 0. The van der Waals surface area contributed by atoms with E-state index in [9.17, 15) is 0 Å². The van der Waals surface area contributed by atoms with Crippen molar-refractivity contribution in [3.8, 4) is 0 Å². The lowest BCUT2D eigenvalue weighted by Crippen LogP contribution is -1.97. The lowest BCUT2D eigenvalue weighted by molar-refractivity contribution is 0.404. The van der Waals surface area contributed by atoms with E-state index in [1.165, 1.54) is 0 Å². The molecule has 0 spiro atoms. The van der Waals surface area contributed by atoms with Gasteiger partial charge in [-0.15, -0.1) is 0 Å². The number of halogens is 1. The zero-order valence-corrected chi connectivity index (χ0v) is 7.01. The smallest absolute Gasteiger partial charge is 0.153 e. The summed E-state index contributed by atoms with van der Waals surface area (Å²) >= 11 is 5.85. The molecule has 0 amide bonds. The predicted molar refractivity (Wildman–Crippen MR) is 41.6 cm³/mol. The van der Waals surface area contributed by atoms with Crippen LogP contribution in [0.15, 0.2) is 6.33 Å². The Hall–Kier alpha value is -0.540. The summed E-state index contributed by atoms with van der Waals surface area (Å²) in [5, 5.41) is 0.578. The molecular weight excluding hydrogens is 164 g/mol. The minimum atomic E-state index is 0.199. The van der Waals surface area contributed by atoms with Gasteiger partial charge in [-0.2, -0.15) is 0 Å². The maximum atomic E-state index is 5.85. The molecule has 0 aromatic carbocycles. The van der Waals surface area contributed by atoms with Crippen LogP contribution in [-0.2, 0) is 11.3 Å². The average Bonchev–Trinajstić information content (AvgIpc) is 2.76. The van der Waals surface area contributed by atoms with Gasteiger partial charge in [0, 0.05) is 6.54 Å². The Labute approximate surface area is 69.9 Å². The Morgan fingerprint density at radius 2 is 2.64 bits per heavy atom. The van der Waals surface area contributed by atoms with E-state index in [0.717, 1.165) is 18.8 Å². The molecule has 1 aromatic heterocycles. The van der Waals surface area contributed by atoms with Gasteiger partial charge in [0.2, 0.25) is 0 Å². The lowest BCUT2D eigenvalue weighted by Gasteiger charge is -2.00. The van der Waals surface area contributed by atoms with Crippen LogP contribution in [-0.4, -0.2) is 16.2 Å². The van der Waals surface area contributed by atoms with Crippen LogP contribution in [0.25, 0.3) is 0 Å². The van der Waals surface area contributed by atoms with E-state index in [1.54, 1.807) is 6.33 Å². The van der Waals surface area contributed by atoms with Crippen molar-refractivity contribution in [3.05, 3.63) is 17.2 Å². The van der Waals surface area contributed by atoms with Crippen molar-refractivity contribution >= 4 is 11.6 Å².